The maximum absolute atomic E-state index is 5.69. The maximum Gasteiger partial charge on any atom is 0.107 e. The summed E-state index contributed by atoms with van der Waals surface area (Å²) >= 11 is 1.77. The summed E-state index contributed by atoms with van der Waals surface area (Å²) in [4.78, 5) is 4.36. The number of aryl methyl sites for hydroxylation is 1. The van der Waals surface area contributed by atoms with Crippen LogP contribution < -0.4 is 5.73 Å². The van der Waals surface area contributed by atoms with Gasteiger partial charge in [-0.1, -0.05) is 29.8 Å². The molecule has 0 amide bonds. The zero-order valence-corrected chi connectivity index (χ0v) is 9.05. The van der Waals surface area contributed by atoms with E-state index in [4.69, 9.17) is 5.73 Å². The van der Waals surface area contributed by atoms with Crippen LogP contribution >= 0.6 is 11.8 Å². The molecule has 14 heavy (non-hydrogen) atoms. The van der Waals surface area contributed by atoms with Gasteiger partial charge < -0.3 is 5.73 Å². The van der Waals surface area contributed by atoms with E-state index < -0.39 is 0 Å². The van der Waals surface area contributed by atoms with Gasteiger partial charge in [-0.3, -0.25) is 4.99 Å². The van der Waals surface area contributed by atoms with E-state index in [9.17, 15) is 0 Å². The Labute approximate surface area is 88.6 Å². The Morgan fingerprint density at radius 1 is 1.43 bits per heavy atom. The Morgan fingerprint density at radius 2 is 2.14 bits per heavy atom. The number of benzene rings is 1. The quantitative estimate of drug-likeness (QED) is 0.803. The van der Waals surface area contributed by atoms with Gasteiger partial charge in [0.2, 0.25) is 0 Å². The summed E-state index contributed by atoms with van der Waals surface area (Å²) < 4.78 is 0. The minimum Gasteiger partial charge on any atom is -0.309 e. The van der Waals surface area contributed by atoms with Gasteiger partial charge in [-0.15, -0.1) is 11.8 Å². The fraction of sp³-hybridized carbons (Fsp3) is 0.364. The van der Waals surface area contributed by atoms with Gasteiger partial charge in [0.05, 0.1) is 5.04 Å². The van der Waals surface area contributed by atoms with E-state index >= 15 is 0 Å². The van der Waals surface area contributed by atoms with E-state index in [0.717, 1.165) is 12.2 Å². The third-order valence-electron chi connectivity index (χ3n) is 2.21. The fourth-order valence-corrected chi connectivity index (χ4v) is 2.33. The van der Waals surface area contributed by atoms with Crippen molar-refractivity contribution in [1.82, 2.24) is 0 Å². The molecular weight excluding hydrogens is 192 g/mol. The highest BCUT2D eigenvalue weighted by Gasteiger charge is 2.13. The second-order valence-corrected chi connectivity index (χ2v) is 4.66. The molecule has 1 aliphatic heterocycles. The first-order valence-corrected chi connectivity index (χ1v) is 5.73. The van der Waals surface area contributed by atoms with E-state index in [0.29, 0.717) is 0 Å². The fourth-order valence-electron chi connectivity index (χ4n) is 1.42. The molecule has 0 bridgehead atoms. The molecule has 3 heteroatoms. The monoisotopic (exact) mass is 206 g/mol. The highest BCUT2D eigenvalue weighted by molar-refractivity contribution is 8.14. The van der Waals surface area contributed by atoms with Gasteiger partial charge in [0, 0.05) is 12.2 Å². The number of nitrogens with zero attached hydrogens (tertiary/aromatic N) is 1. The molecular formula is C11H14N2S. The largest absolute Gasteiger partial charge is 0.309 e. The zero-order chi connectivity index (χ0) is 9.97. The normalized spacial score (nSPS) is 21.0. The van der Waals surface area contributed by atoms with Crippen molar-refractivity contribution in [3.63, 3.8) is 0 Å². The van der Waals surface area contributed by atoms with E-state index in [1.807, 2.05) is 0 Å². The average molecular weight is 206 g/mol. The number of nitrogens with two attached hydrogens (primary N) is 1. The molecule has 74 valence electrons. The molecule has 0 saturated heterocycles. The Kier molecular flexibility index (Phi) is 2.89. The Hall–Kier alpha value is -0.800. The summed E-state index contributed by atoms with van der Waals surface area (Å²) in [5.74, 6) is 0.932. The predicted molar refractivity (Wildman–Crippen MR) is 62.8 cm³/mol. The van der Waals surface area contributed by atoms with Crippen LogP contribution in [0.5, 0.6) is 0 Å². The minimum absolute atomic E-state index is 0.0143. The standard InChI is InChI=1S/C11H14N2S/c1-8-2-4-9(5-3-8)6-11-13-10(12)7-14-11/h2-5,10H,6-7,12H2,1H3. The van der Waals surface area contributed by atoms with E-state index in [1.165, 1.54) is 16.2 Å². The lowest BCUT2D eigenvalue weighted by atomic mass is 10.1. The molecule has 2 nitrogen and oxygen atoms in total. The summed E-state index contributed by atoms with van der Waals surface area (Å²) in [5.41, 5.74) is 8.31. The Bertz CT molecular complexity index is 343. The van der Waals surface area contributed by atoms with Gasteiger partial charge in [0.25, 0.3) is 0 Å². The lowest BCUT2D eigenvalue weighted by Crippen LogP contribution is -2.15. The van der Waals surface area contributed by atoms with E-state index in [-0.39, 0.29) is 6.17 Å². The van der Waals surface area contributed by atoms with Crippen LogP contribution in [0.1, 0.15) is 11.1 Å². The van der Waals surface area contributed by atoms with Crippen molar-refractivity contribution >= 4 is 16.8 Å². The van der Waals surface area contributed by atoms with Crippen molar-refractivity contribution in [3.8, 4) is 0 Å². The number of hydrogen-bond donors (Lipinski definition) is 1. The van der Waals surface area contributed by atoms with Crippen molar-refractivity contribution in [3.05, 3.63) is 35.4 Å². The average Bonchev–Trinajstić information content (AvgIpc) is 2.56. The summed E-state index contributed by atoms with van der Waals surface area (Å²) in [6.07, 6.45) is 0.944. The number of hydrogen-bond acceptors (Lipinski definition) is 3. The number of thioether (sulfide) groups is 1. The van der Waals surface area contributed by atoms with Gasteiger partial charge in [0.1, 0.15) is 6.17 Å². The van der Waals surface area contributed by atoms with Crippen molar-refractivity contribution < 1.29 is 0 Å². The molecule has 0 fully saturated rings. The third kappa shape index (κ3) is 2.36. The zero-order valence-electron chi connectivity index (χ0n) is 8.23. The van der Waals surface area contributed by atoms with Crippen LogP contribution in [-0.4, -0.2) is 17.0 Å². The molecule has 1 atom stereocenters. The first-order chi connectivity index (χ1) is 6.74. The molecule has 1 aliphatic rings. The molecule has 2 N–H and O–H groups in total. The lowest BCUT2D eigenvalue weighted by Gasteiger charge is -2.00. The van der Waals surface area contributed by atoms with Crippen LogP contribution in [0.15, 0.2) is 29.3 Å². The molecule has 0 aliphatic carbocycles. The molecule has 1 aromatic carbocycles. The molecule has 0 spiro atoms. The van der Waals surface area contributed by atoms with Crippen molar-refractivity contribution in [1.29, 1.82) is 0 Å². The van der Waals surface area contributed by atoms with Crippen molar-refractivity contribution in [2.24, 2.45) is 10.7 Å². The van der Waals surface area contributed by atoms with Gasteiger partial charge in [-0.25, -0.2) is 0 Å². The first kappa shape index (κ1) is 9.74. The van der Waals surface area contributed by atoms with Gasteiger partial charge in [-0.2, -0.15) is 0 Å². The van der Waals surface area contributed by atoms with Gasteiger partial charge in [0.15, 0.2) is 0 Å². The highest BCUT2D eigenvalue weighted by atomic mass is 32.2. The first-order valence-electron chi connectivity index (χ1n) is 4.74. The highest BCUT2D eigenvalue weighted by Crippen LogP contribution is 2.18. The van der Waals surface area contributed by atoms with Gasteiger partial charge >= 0.3 is 0 Å². The number of aliphatic imine (C=N–C) groups is 1. The summed E-state index contributed by atoms with van der Waals surface area (Å²) in [5, 5.41) is 1.17. The smallest absolute Gasteiger partial charge is 0.107 e. The topological polar surface area (TPSA) is 38.4 Å². The van der Waals surface area contributed by atoms with Crippen LogP contribution in [-0.2, 0) is 6.42 Å². The molecule has 1 heterocycles. The third-order valence-corrected chi connectivity index (χ3v) is 3.30. The van der Waals surface area contributed by atoms with Crippen LogP contribution in [0, 0.1) is 6.92 Å². The molecule has 0 saturated carbocycles. The second-order valence-electron chi connectivity index (χ2n) is 3.56. The number of rotatable bonds is 2. The maximum atomic E-state index is 5.69. The van der Waals surface area contributed by atoms with Crippen molar-refractivity contribution in [2.45, 2.75) is 19.5 Å². The Balaban J connectivity index is 2.04. The molecule has 0 aromatic heterocycles. The summed E-state index contributed by atoms with van der Waals surface area (Å²) in [6, 6.07) is 8.58. The summed E-state index contributed by atoms with van der Waals surface area (Å²) in [6.45, 7) is 2.10. The SMILES string of the molecule is Cc1ccc(CC2=NC(N)CS2)cc1. The van der Waals surface area contributed by atoms with Crippen LogP contribution in [0.4, 0.5) is 0 Å². The molecule has 1 aromatic rings. The van der Waals surface area contributed by atoms with Crippen LogP contribution in [0.2, 0.25) is 0 Å². The van der Waals surface area contributed by atoms with Crippen LogP contribution in [0.25, 0.3) is 0 Å². The molecule has 0 radical (unpaired) electrons. The lowest BCUT2D eigenvalue weighted by molar-refractivity contribution is 0.817. The van der Waals surface area contributed by atoms with E-state index in [2.05, 4.69) is 36.2 Å². The molecule has 1 unspecified atom stereocenters. The Morgan fingerprint density at radius 3 is 2.71 bits per heavy atom. The van der Waals surface area contributed by atoms with Crippen LogP contribution in [0.3, 0.4) is 0 Å². The van der Waals surface area contributed by atoms with Crippen molar-refractivity contribution in [2.75, 3.05) is 5.75 Å². The van der Waals surface area contributed by atoms with Gasteiger partial charge in [-0.05, 0) is 12.5 Å². The predicted octanol–water partition coefficient (Wildman–Crippen LogP) is 1.97. The summed E-state index contributed by atoms with van der Waals surface area (Å²) in [7, 11) is 0. The minimum atomic E-state index is 0.0143. The van der Waals surface area contributed by atoms with E-state index in [1.54, 1.807) is 11.8 Å². The molecule has 2 rings (SSSR count). The second kappa shape index (κ2) is 4.15.